The maximum absolute atomic E-state index is 6.17. The number of rotatable bonds is 0. The lowest BCUT2D eigenvalue weighted by Gasteiger charge is -2.52. The molecule has 2 bridgehead atoms. The molecular formula is C15H24O4. The van der Waals surface area contributed by atoms with Gasteiger partial charge in [-0.05, 0) is 43.4 Å². The van der Waals surface area contributed by atoms with E-state index < -0.39 is 11.8 Å². The zero-order chi connectivity index (χ0) is 13.3. The van der Waals surface area contributed by atoms with E-state index in [0.717, 1.165) is 18.8 Å². The second-order valence-electron chi connectivity index (χ2n) is 7.24. The van der Waals surface area contributed by atoms with Crippen LogP contribution in [0.1, 0.15) is 46.5 Å². The Bertz CT molecular complexity index is 386. The summed E-state index contributed by atoms with van der Waals surface area (Å²) in [6.07, 6.45) is 4.63. The van der Waals surface area contributed by atoms with Gasteiger partial charge in [0.15, 0.2) is 0 Å². The van der Waals surface area contributed by atoms with Crippen molar-refractivity contribution in [2.75, 3.05) is 6.61 Å². The van der Waals surface area contributed by atoms with Gasteiger partial charge in [-0.1, -0.05) is 20.3 Å². The molecule has 0 aromatic carbocycles. The van der Waals surface area contributed by atoms with E-state index in [-0.39, 0.29) is 0 Å². The Hall–Kier alpha value is -0.160. The third-order valence-electron chi connectivity index (χ3n) is 5.92. The van der Waals surface area contributed by atoms with E-state index in [1.165, 1.54) is 12.8 Å². The smallest absolute Gasteiger partial charge is 0.318 e. The minimum absolute atomic E-state index is 0.323. The first kappa shape index (κ1) is 12.6. The first-order valence-corrected chi connectivity index (χ1v) is 7.74. The van der Waals surface area contributed by atoms with Gasteiger partial charge in [-0.3, -0.25) is 4.74 Å². The highest BCUT2D eigenvalue weighted by molar-refractivity contribution is 4.99. The van der Waals surface area contributed by atoms with Gasteiger partial charge in [0.25, 0.3) is 0 Å². The van der Waals surface area contributed by atoms with Crippen molar-refractivity contribution >= 4 is 0 Å². The molecule has 0 N–H and O–H groups in total. The Kier molecular flexibility index (Phi) is 2.61. The topological polar surface area (TPSA) is 36.9 Å². The molecule has 0 radical (unpaired) electrons. The van der Waals surface area contributed by atoms with Gasteiger partial charge in [0.1, 0.15) is 0 Å². The monoisotopic (exact) mass is 268 g/mol. The van der Waals surface area contributed by atoms with Crippen molar-refractivity contribution in [1.82, 2.24) is 0 Å². The normalized spacial score (nSPS) is 60.5. The summed E-state index contributed by atoms with van der Waals surface area (Å²) in [4.78, 5) is 11.1. The van der Waals surface area contributed by atoms with Crippen LogP contribution >= 0.6 is 0 Å². The molecule has 4 fully saturated rings. The standard InChI is InChI=1S/C15H24O4/c1-9-4-5-11-10(2)8-16-15-13(11)12(9)6-7-14(3,17-15)18-19-15/h9-13H,4-8H2,1-3H3/t9-,10+,11?,12?,13+,14-,15-/m1/s1. The lowest BCUT2D eigenvalue weighted by Crippen LogP contribution is -2.57. The van der Waals surface area contributed by atoms with Crippen LogP contribution in [0, 0.1) is 29.6 Å². The molecule has 1 aliphatic carbocycles. The lowest BCUT2D eigenvalue weighted by atomic mass is 9.60. The Morgan fingerprint density at radius 2 is 1.74 bits per heavy atom. The van der Waals surface area contributed by atoms with Gasteiger partial charge >= 0.3 is 5.97 Å². The number of ether oxygens (including phenoxy) is 2. The summed E-state index contributed by atoms with van der Waals surface area (Å²) in [5, 5.41) is 0. The lowest BCUT2D eigenvalue weighted by molar-refractivity contribution is -0.464. The molecular weight excluding hydrogens is 244 g/mol. The Balaban J connectivity index is 1.77. The van der Waals surface area contributed by atoms with Crippen molar-refractivity contribution in [3.63, 3.8) is 0 Å². The van der Waals surface area contributed by atoms with E-state index in [2.05, 4.69) is 13.8 Å². The van der Waals surface area contributed by atoms with Crippen molar-refractivity contribution in [3.8, 4) is 0 Å². The van der Waals surface area contributed by atoms with E-state index >= 15 is 0 Å². The van der Waals surface area contributed by atoms with E-state index in [9.17, 15) is 0 Å². The van der Waals surface area contributed by atoms with E-state index in [1.807, 2.05) is 6.92 Å². The molecule has 108 valence electrons. The van der Waals surface area contributed by atoms with Gasteiger partial charge in [0, 0.05) is 12.3 Å². The van der Waals surface area contributed by atoms with E-state index in [4.69, 9.17) is 19.2 Å². The molecule has 3 aliphatic heterocycles. The van der Waals surface area contributed by atoms with Crippen molar-refractivity contribution in [2.24, 2.45) is 29.6 Å². The maximum atomic E-state index is 6.17. The van der Waals surface area contributed by atoms with E-state index in [0.29, 0.717) is 30.3 Å². The van der Waals surface area contributed by atoms with E-state index in [1.54, 1.807) is 0 Å². The largest absolute Gasteiger partial charge is 0.325 e. The van der Waals surface area contributed by atoms with Gasteiger partial charge in [-0.2, -0.15) is 9.78 Å². The maximum Gasteiger partial charge on any atom is 0.318 e. The summed E-state index contributed by atoms with van der Waals surface area (Å²) in [7, 11) is 0. The van der Waals surface area contributed by atoms with Crippen molar-refractivity contribution in [1.29, 1.82) is 0 Å². The highest BCUT2D eigenvalue weighted by Gasteiger charge is 2.66. The van der Waals surface area contributed by atoms with Crippen LogP contribution in [-0.4, -0.2) is 18.4 Å². The molecule has 19 heavy (non-hydrogen) atoms. The van der Waals surface area contributed by atoms with Crippen LogP contribution in [0.15, 0.2) is 0 Å². The number of hydrogen-bond donors (Lipinski definition) is 0. The highest BCUT2D eigenvalue weighted by atomic mass is 17.3. The summed E-state index contributed by atoms with van der Waals surface area (Å²) in [6.45, 7) is 7.35. The van der Waals surface area contributed by atoms with Crippen LogP contribution in [-0.2, 0) is 19.2 Å². The van der Waals surface area contributed by atoms with Crippen molar-refractivity contribution in [2.45, 2.75) is 58.2 Å². The molecule has 7 atom stereocenters. The first-order chi connectivity index (χ1) is 9.03. The zero-order valence-electron chi connectivity index (χ0n) is 12.1. The summed E-state index contributed by atoms with van der Waals surface area (Å²) in [5.74, 6) is 1.35. The SMILES string of the molecule is C[C@@H]1CCC2[C@H]3C1CC[C@@]1(C)OO[C@]3(OC[C@@H]2C)O1. The van der Waals surface area contributed by atoms with Crippen LogP contribution in [0.3, 0.4) is 0 Å². The average Bonchev–Trinajstić information content (AvgIpc) is 2.64. The fourth-order valence-corrected chi connectivity index (χ4v) is 4.79. The second kappa shape index (κ2) is 3.94. The van der Waals surface area contributed by atoms with Gasteiger partial charge in [-0.25, -0.2) is 0 Å². The fraction of sp³-hybridized carbons (Fsp3) is 1.00. The fourth-order valence-electron chi connectivity index (χ4n) is 4.79. The third-order valence-corrected chi connectivity index (χ3v) is 5.92. The molecule has 0 aromatic rings. The molecule has 4 nitrogen and oxygen atoms in total. The first-order valence-electron chi connectivity index (χ1n) is 7.74. The van der Waals surface area contributed by atoms with Crippen LogP contribution in [0.5, 0.6) is 0 Å². The third kappa shape index (κ3) is 1.67. The quantitative estimate of drug-likeness (QED) is 0.633. The summed E-state index contributed by atoms with van der Waals surface area (Å²) >= 11 is 0. The number of hydrogen-bond acceptors (Lipinski definition) is 4. The Labute approximate surface area is 114 Å². The molecule has 2 unspecified atom stereocenters. The van der Waals surface area contributed by atoms with Crippen LogP contribution < -0.4 is 0 Å². The van der Waals surface area contributed by atoms with Crippen molar-refractivity contribution in [3.05, 3.63) is 0 Å². The predicted octanol–water partition coefficient (Wildman–Crippen LogP) is 3.07. The Morgan fingerprint density at radius 3 is 2.58 bits per heavy atom. The summed E-state index contributed by atoms with van der Waals surface area (Å²) in [5.41, 5.74) is 0. The highest BCUT2D eigenvalue weighted by Crippen LogP contribution is 2.59. The van der Waals surface area contributed by atoms with Gasteiger partial charge in [0.2, 0.25) is 5.79 Å². The minimum Gasteiger partial charge on any atom is -0.325 e. The zero-order valence-corrected chi connectivity index (χ0v) is 12.1. The van der Waals surface area contributed by atoms with Crippen LogP contribution in [0.4, 0.5) is 0 Å². The summed E-state index contributed by atoms with van der Waals surface area (Å²) < 4.78 is 12.2. The van der Waals surface area contributed by atoms with Gasteiger partial charge in [-0.15, -0.1) is 0 Å². The van der Waals surface area contributed by atoms with Gasteiger partial charge in [0.05, 0.1) is 6.61 Å². The van der Waals surface area contributed by atoms with Crippen molar-refractivity contribution < 1.29 is 19.2 Å². The molecule has 4 aliphatic rings. The molecule has 0 amide bonds. The average molecular weight is 268 g/mol. The molecule has 0 aromatic heterocycles. The number of fused-ring (bicyclic) bond motifs is 1. The van der Waals surface area contributed by atoms with Gasteiger partial charge < -0.3 is 4.74 Å². The second-order valence-corrected chi connectivity index (χ2v) is 7.24. The predicted molar refractivity (Wildman–Crippen MR) is 67.6 cm³/mol. The van der Waals surface area contributed by atoms with Crippen LogP contribution in [0.25, 0.3) is 0 Å². The molecule has 4 rings (SSSR count). The molecule has 4 heteroatoms. The molecule has 3 saturated heterocycles. The molecule has 1 saturated carbocycles. The molecule has 1 spiro atoms. The summed E-state index contributed by atoms with van der Waals surface area (Å²) in [6, 6.07) is 0. The molecule has 3 heterocycles. The van der Waals surface area contributed by atoms with Crippen LogP contribution in [0.2, 0.25) is 0 Å². The minimum atomic E-state index is -0.929. The Morgan fingerprint density at radius 1 is 0.947 bits per heavy atom.